The molecule has 2 aromatic rings. The van der Waals surface area contributed by atoms with E-state index in [1.165, 1.54) is 0 Å². The van der Waals surface area contributed by atoms with Gasteiger partial charge in [-0.25, -0.2) is 0 Å². The number of nitrogens with one attached hydrogen (secondary N) is 1. The average molecular weight is 325 g/mol. The van der Waals surface area contributed by atoms with Crippen molar-refractivity contribution in [3.63, 3.8) is 0 Å². The summed E-state index contributed by atoms with van der Waals surface area (Å²) < 4.78 is 5.64. The maximum Gasteiger partial charge on any atom is 0.307 e. The molecular weight excluding hydrogens is 306 g/mol. The highest BCUT2D eigenvalue weighted by molar-refractivity contribution is 5.97. The van der Waals surface area contributed by atoms with Crippen LogP contribution in [0, 0.1) is 13.8 Å². The lowest BCUT2D eigenvalue weighted by Crippen LogP contribution is -2.22. The lowest BCUT2D eigenvalue weighted by atomic mass is 9.96. The summed E-state index contributed by atoms with van der Waals surface area (Å²) in [6.07, 6.45) is -0.0311. The molecule has 5 nitrogen and oxygen atoms in total. The van der Waals surface area contributed by atoms with Gasteiger partial charge in [-0.05, 0) is 48.7 Å². The van der Waals surface area contributed by atoms with Gasteiger partial charge in [-0.15, -0.1) is 0 Å². The fourth-order valence-corrected chi connectivity index (χ4v) is 2.80. The summed E-state index contributed by atoms with van der Waals surface area (Å²) >= 11 is 0. The molecule has 0 saturated heterocycles. The Labute approximate surface area is 140 Å². The zero-order chi connectivity index (χ0) is 17.3. The largest absolute Gasteiger partial charge is 0.492 e. The van der Waals surface area contributed by atoms with E-state index in [1.807, 2.05) is 26.0 Å². The molecule has 1 aliphatic rings. The van der Waals surface area contributed by atoms with E-state index in [4.69, 9.17) is 9.84 Å². The van der Waals surface area contributed by atoms with Crippen molar-refractivity contribution in [2.45, 2.75) is 26.2 Å². The Morgan fingerprint density at radius 2 is 1.83 bits per heavy atom. The van der Waals surface area contributed by atoms with Gasteiger partial charge in [0.05, 0.1) is 6.42 Å². The molecule has 0 aliphatic carbocycles. The van der Waals surface area contributed by atoms with Gasteiger partial charge in [0.25, 0.3) is 0 Å². The quantitative estimate of drug-likeness (QED) is 0.906. The Hall–Kier alpha value is -2.82. The molecule has 5 heteroatoms. The maximum atomic E-state index is 12.6. The van der Waals surface area contributed by atoms with E-state index in [1.54, 1.807) is 24.3 Å². The predicted molar refractivity (Wildman–Crippen MR) is 90.6 cm³/mol. The van der Waals surface area contributed by atoms with Gasteiger partial charge in [-0.1, -0.05) is 18.2 Å². The first-order chi connectivity index (χ1) is 11.4. The highest BCUT2D eigenvalue weighted by atomic mass is 16.5. The van der Waals surface area contributed by atoms with Crippen LogP contribution in [0.15, 0.2) is 36.4 Å². The highest BCUT2D eigenvalue weighted by Crippen LogP contribution is 2.36. The van der Waals surface area contributed by atoms with Crippen LogP contribution in [0.4, 0.5) is 5.69 Å². The normalized spacial score (nSPS) is 15.5. The molecule has 1 unspecified atom stereocenters. The predicted octanol–water partition coefficient (Wildman–Crippen LogP) is 3.05. The van der Waals surface area contributed by atoms with Gasteiger partial charge in [0.1, 0.15) is 18.3 Å². The van der Waals surface area contributed by atoms with Crippen LogP contribution in [0.3, 0.4) is 0 Å². The number of anilines is 1. The summed E-state index contributed by atoms with van der Waals surface area (Å²) in [6.45, 7) is 4.37. The summed E-state index contributed by atoms with van der Waals surface area (Å²) in [7, 11) is 0. The van der Waals surface area contributed by atoms with Crippen molar-refractivity contribution < 1.29 is 19.4 Å². The molecular formula is C19H19NO4. The van der Waals surface area contributed by atoms with Gasteiger partial charge in [0, 0.05) is 11.3 Å². The minimum Gasteiger partial charge on any atom is -0.492 e. The molecule has 2 aromatic carbocycles. The number of benzene rings is 2. The minimum absolute atomic E-state index is 0.0311. The molecule has 1 aliphatic heterocycles. The van der Waals surface area contributed by atoms with E-state index in [-0.39, 0.29) is 18.2 Å². The number of carboxylic acids is 1. The van der Waals surface area contributed by atoms with Crippen LogP contribution < -0.4 is 10.1 Å². The highest BCUT2D eigenvalue weighted by Gasteiger charge is 2.31. The number of rotatable bonds is 4. The first-order valence-corrected chi connectivity index (χ1v) is 7.79. The van der Waals surface area contributed by atoms with E-state index in [0.717, 1.165) is 22.4 Å². The topological polar surface area (TPSA) is 75.6 Å². The van der Waals surface area contributed by atoms with Crippen LogP contribution >= 0.6 is 0 Å². The zero-order valence-corrected chi connectivity index (χ0v) is 13.6. The molecule has 2 N–H and O–H groups in total. The van der Waals surface area contributed by atoms with Gasteiger partial charge in [-0.2, -0.15) is 0 Å². The van der Waals surface area contributed by atoms with Gasteiger partial charge in [-0.3, -0.25) is 9.59 Å². The van der Waals surface area contributed by atoms with E-state index in [9.17, 15) is 9.59 Å². The summed E-state index contributed by atoms with van der Waals surface area (Å²) in [5.41, 5.74) is 4.53. The minimum atomic E-state index is -0.878. The molecule has 3 rings (SSSR count). The molecule has 0 aromatic heterocycles. The number of hydrogen-bond donors (Lipinski definition) is 2. The van der Waals surface area contributed by atoms with Crippen molar-refractivity contribution in [1.82, 2.24) is 0 Å². The van der Waals surface area contributed by atoms with Crippen LogP contribution in [-0.4, -0.2) is 23.6 Å². The van der Waals surface area contributed by atoms with Crippen molar-refractivity contribution in [3.05, 3.63) is 58.7 Å². The van der Waals surface area contributed by atoms with Crippen molar-refractivity contribution in [1.29, 1.82) is 0 Å². The first-order valence-electron chi connectivity index (χ1n) is 7.79. The molecule has 0 bridgehead atoms. The molecule has 1 atom stereocenters. The monoisotopic (exact) mass is 325 g/mol. The van der Waals surface area contributed by atoms with Crippen LogP contribution in [0.25, 0.3) is 0 Å². The number of carbonyl (C=O) groups excluding carboxylic acids is 1. The SMILES string of the molecule is Cc1cc2c(cc1C)C(C(=O)Nc1ccc(CC(=O)O)cc1)CO2. The number of hydrogen-bond acceptors (Lipinski definition) is 3. The standard InChI is InChI=1S/C19H19NO4/c1-11-7-15-16(10-24-17(15)8-12(11)2)19(23)20-14-5-3-13(4-6-14)9-18(21)22/h3-8,16H,9-10H2,1-2H3,(H,20,23)(H,21,22). The molecule has 1 amide bonds. The summed E-state index contributed by atoms with van der Waals surface area (Å²) in [5, 5.41) is 11.6. The van der Waals surface area contributed by atoms with Crippen LogP contribution in [0.5, 0.6) is 5.75 Å². The van der Waals surface area contributed by atoms with Crippen LogP contribution in [0.1, 0.15) is 28.2 Å². The number of amides is 1. The van der Waals surface area contributed by atoms with Gasteiger partial charge >= 0.3 is 5.97 Å². The Balaban J connectivity index is 1.73. The Kier molecular flexibility index (Phi) is 4.25. The number of carboxylic acid groups (broad SMARTS) is 1. The van der Waals surface area contributed by atoms with E-state index in [0.29, 0.717) is 17.9 Å². The van der Waals surface area contributed by atoms with E-state index >= 15 is 0 Å². The molecule has 1 heterocycles. The second-order valence-corrected chi connectivity index (χ2v) is 6.09. The molecule has 24 heavy (non-hydrogen) atoms. The van der Waals surface area contributed by atoms with Crippen LogP contribution in [0.2, 0.25) is 0 Å². The van der Waals surface area contributed by atoms with Crippen molar-refractivity contribution in [3.8, 4) is 5.75 Å². The summed E-state index contributed by atoms with van der Waals surface area (Å²) in [6, 6.07) is 10.8. The van der Waals surface area contributed by atoms with Gasteiger partial charge < -0.3 is 15.2 Å². The Morgan fingerprint density at radius 3 is 2.50 bits per heavy atom. The fraction of sp³-hybridized carbons (Fsp3) is 0.263. The maximum absolute atomic E-state index is 12.6. The lowest BCUT2D eigenvalue weighted by molar-refractivity contribution is -0.136. The van der Waals surface area contributed by atoms with Crippen molar-refractivity contribution >= 4 is 17.6 Å². The number of carbonyl (C=O) groups is 2. The molecule has 124 valence electrons. The third-order valence-corrected chi connectivity index (χ3v) is 4.30. The van der Waals surface area contributed by atoms with E-state index < -0.39 is 5.97 Å². The fourth-order valence-electron chi connectivity index (χ4n) is 2.80. The Bertz CT molecular complexity index is 796. The number of fused-ring (bicyclic) bond motifs is 1. The lowest BCUT2D eigenvalue weighted by Gasteiger charge is -2.11. The molecule has 0 fully saturated rings. The van der Waals surface area contributed by atoms with Crippen molar-refractivity contribution in [2.75, 3.05) is 11.9 Å². The van der Waals surface area contributed by atoms with Crippen LogP contribution in [-0.2, 0) is 16.0 Å². The second-order valence-electron chi connectivity index (χ2n) is 6.09. The average Bonchev–Trinajstić information content (AvgIpc) is 2.92. The zero-order valence-electron chi connectivity index (χ0n) is 13.6. The summed E-state index contributed by atoms with van der Waals surface area (Å²) in [5.74, 6) is -0.562. The molecule has 0 spiro atoms. The third-order valence-electron chi connectivity index (χ3n) is 4.30. The smallest absolute Gasteiger partial charge is 0.307 e. The number of ether oxygens (including phenoxy) is 1. The first kappa shape index (κ1) is 16.1. The van der Waals surface area contributed by atoms with Crippen molar-refractivity contribution in [2.24, 2.45) is 0 Å². The Morgan fingerprint density at radius 1 is 1.17 bits per heavy atom. The molecule has 0 radical (unpaired) electrons. The molecule has 0 saturated carbocycles. The van der Waals surface area contributed by atoms with Gasteiger partial charge in [0.15, 0.2) is 0 Å². The number of aryl methyl sites for hydroxylation is 2. The third kappa shape index (κ3) is 3.25. The number of aliphatic carboxylic acids is 1. The second kappa shape index (κ2) is 6.35. The van der Waals surface area contributed by atoms with Gasteiger partial charge in [0.2, 0.25) is 5.91 Å². The van der Waals surface area contributed by atoms with E-state index in [2.05, 4.69) is 5.32 Å². The summed E-state index contributed by atoms with van der Waals surface area (Å²) in [4.78, 5) is 23.2.